The molecule has 1 aromatic carbocycles. The van der Waals surface area contributed by atoms with Crippen molar-refractivity contribution in [2.45, 2.75) is 20.3 Å². The van der Waals surface area contributed by atoms with Crippen LogP contribution in [0.3, 0.4) is 0 Å². The fraction of sp³-hybridized carbons (Fsp3) is 0.235. The van der Waals surface area contributed by atoms with Gasteiger partial charge in [0.2, 0.25) is 0 Å². The molecule has 0 radical (unpaired) electrons. The minimum absolute atomic E-state index is 0.677. The van der Waals surface area contributed by atoms with Gasteiger partial charge in [-0.3, -0.25) is 0 Å². The molecule has 0 spiro atoms. The van der Waals surface area contributed by atoms with Crippen molar-refractivity contribution in [3.05, 3.63) is 54.4 Å². The average Bonchev–Trinajstić information content (AvgIpc) is 2.84. The van der Waals surface area contributed by atoms with Crippen molar-refractivity contribution in [3.8, 4) is 11.3 Å². The molecule has 0 aliphatic carbocycles. The number of imidazole rings is 1. The van der Waals surface area contributed by atoms with Gasteiger partial charge in [0.1, 0.15) is 0 Å². The zero-order valence-electron chi connectivity index (χ0n) is 11.9. The molecule has 3 rings (SSSR count). The molecule has 0 aliphatic heterocycles. The molecule has 2 heterocycles. The fourth-order valence-electron chi connectivity index (χ4n) is 2.46. The Morgan fingerprint density at radius 3 is 2.55 bits per heavy atom. The maximum Gasteiger partial charge on any atom is 0.160 e. The average molecular weight is 265 g/mol. The number of nitrogens with zero attached hydrogens (tertiary/aromatic N) is 2. The standard InChI is InChI=1S/C17H19N3/c1-12(2)10-13-5-7-14(8-6-13)16-11-20-9-3-4-15(18)17(20)19-16/h3-9,11-12H,10,18H2,1-2H3. The van der Waals surface area contributed by atoms with E-state index >= 15 is 0 Å². The van der Waals surface area contributed by atoms with Crippen molar-refractivity contribution in [2.75, 3.05) is 5.73 Å². The monoisotopic (exact) mass is 265 g/mol. The molecule has 2 aromatic heterocycles. The van der Waals surface area contributed by atoms with Crippen LogP contribution in [-0.2, 0) is 6.42 Å². The Morgan fingerprint density at radius 2 is 1.90 bits per heavy atom. The molecule has 3 nitrogen and oxygen atoms in total. The van der Waals surface area contributed by atoms with Crippen molar-refractivity contribution in [1.82, 2.24) is 9.38 Å². The van der Waals surface area contributed by atoms with Crippen LogP contribution in [0.15, 0.2) is 48.8 Å². The van der Waals surface area contributed by atoms with Gasteiger partial charge >= 0.3 is 0 Å². The van der Waals surface area contributed by atoms with E-state index in [4.69, 9.17) is 5.73 Å². The lowest BCUT2D eigenvalue weighted by Gasteiger charge is -2.05. The van der Waals surface area contributed by atoms with E-state index in [0.717, 1.165) is 23.3 Å². The van der Waals surface area contributed by atoms with E-state index in [9.17, 15) is 0 Å². The van der Waals surface area contributed by atoms with Gasteiger partial charge < -0.3 is 10.1 Å². The molecule has 0 aliphatic rings. The highest BCUT2D eigenvalue weighted by Gasteiger charge is 2.06. The molecule has 0 atom stereocenters. The van der Waals surface area contributed by atoms with Crippen molar-refractivity contribution >= 4 is 11.3 Å². The smallest absolute Gasteiger partial charge is 0.160 e. The summed E-state index contributed by atoms with van der Waals surface area (Å²) in [5.41, 5.74) is 10.9. The number of hydrogen-bond acceptors (Lipinski definition) is 2. The first kappa shape index (κ1) is 12.7. The van der Waals surface area contributed by atoms with Crippen molar-refractivity contribution in [3.63, 3.8) is 0 Å². The Labute approximate surface area is 119 Å². The van der Waals surface area contributed by atoms with Gasteiger partial charge in [-0.1, -0.05) is 38.1 Å². The fourth-order valence-corrected chi connectivity index (χ4v) is 2.46. The first-order chi connectivity index (χ1) is 9.63. The molecule has 3 heteroatoms. The molecule has 0 amide bonds. The topological polar surface area (TPSA) is 43.3 Å². The van der Waals surface area contributed by atoms with E-state index in [0.29, 0.717) is 11.6 Å². The molecule has 0 fully saturated rings. The molecular formula is C17H19N3. The lowest BCUT2D eigenvalue weighted by atomic mass is 10.0. The normalized spacial score (nSPS) is 11.3. The summed E-state index contributed by atoms with van der Waals surface area (Å²) in [6.45, 7) is 4.47. The third-order valence-corrected chi connectivity index (χ3v) is 3.41. The lowest BCUT2D eigenvalue weighted by Crippen LogP contribution is -1.93. The largest absolute Gasteiger partial charge is 0.396 e. The van der Waals surface area contributed by atoms with Gasteiger partial charge in [0, 0.05) is 18.0 Å². The molecule has 0 saturated heterocycles. The molecule has 0 unspecified atom stereocenters. The van der Waals surface area contributed by atoms with E-state index in [2.05, 4.69) is 43.1 Å². The van der Waals surface area contributed by atoms with E-state index in [1.54, 1.807) is 0 Å². The highest BCUT2D eigenvalue weighted by Crippen LogP contribution is 2.22. The highest BCUT2D eigenvalue weighted by atomic mass is 15.0. The predicted molar refractivity (Wildman–Crippen MR) is 83.6 cm³/mol. The quantitative estimate of drug-likeness (QED) is 0.783. The number of nitrogen functional groups attached to an aromatic ring is 1. The first-order valence-corrected chi connectivity index (χ1v) is 6.96. The number of pyridine rings is 1. The van der Waals surface area contributed by atoms with Gasteiger partial charge in [-0.05, 0) is 30.0 Å². The number of aromatic nitrogens is 2. The molecule has 2 N–H and O–H groups in total. The summed E-state index contributed by atoms with van der Waals surface area (Å²) in [5.74, 6) is 0.677. The van der Waals surface area contributed by atoms with Crippen LogP contribution in [0.1, 0.15) is 19.4 Å². The van der Waals surface area contributed by atoms with Crippen LogP contribution in [0.25, 0.3) is 16.9 Å². The van der Waals surface area contributed by atoms with Crippen LogP contribution >= 0.6 is 0 Å². The van der Waals surface area contributed by atoms with Crippen LogP contribution in [-0.4, -0.2) is 9.38 Å². The summed E-state index contributed by atoms with van der Waals surface area (Å²) in [5, 5.41) is 0. The lowest BCUT2D eigenvalue weighted by molar-refractivity contribution is 0.647. The van der Waals surface area contributed by atoms with Gasteiger partial charge in [0.25, 0.3) is 0 Å². The van der Waals surface area contributed by atoms with E-state index < -0.39 is 0 Å². The Hall–Kier alpha value is -2.29. The molecule has 3 aromatic rings. The number of fused-ring (bicyclic) bond motifs is 1. The maximum atomic E-state index is 5.94. The van der Waals surface area contributed by atoms with Gasteiger partial charge in [-0.2, -0.15) is 0 Å². The SMILES string of the molecule is CC(C)Cc1ccc(-c2cn3cccc(N)c3n2)cc1. The first-order valence-electron chi connectivity index (χ1n) is 6.96. The molecule has 102 valence electrons. The van der Waals surface area contributed by atoms with Gasteiger partial charge in [-0.25, -0.2) is 4.98 Å². The summed E-state index contributed by atoms with van der Waals surface area (Å²) < 4.78 is 1.96. The van der Waals surface area contributed by atoms with Crippen molar-refractivity contribution in [1.29, 1.82) is 0 Å². The molecule has 20 heavy (non-hydrogen) atoms. The summed E-state index contributed by atoms with van der Waals surface area (Å²) in [6.07, 6.45) is 5.09. The molecule has 0 saturated carbocycles. The second kappa shape index (κ2) is 5.00. The van der Waals surface area contributed by atoms with Crippen LogP contribution < -0.4 is 5.73 Å². The van der Waals surface area contributed by atoms with E-state index in [1.165, 1.54) is 5.56 Å². The summed E-state index contributed by atoms with van der Waals surface area (Å²) in [4.78, 5) is 4.61. The summed E-state index contributed by atoms with van der Waals surface area (Å²) >= 11 is 0. The van der Waals surface area contributed by atoms with Crippen LogP contribution in [0, 0.1) is 5.92 Å². The summed E-state index contributed by atoms with van der Waals surface area (Å²) in [6, 6.07) is 12.4. The van der Waals surface area contributed by atoms with Gasteiger partial charge in [0.15, 0.2) is 5.65 Å². The van der Waals surface area contributed by atoms with Crippen LogP contribution in [0.4, 0.5) is 5.69 Å². The second-order valence-electron chi connectivity index (χ2n) is 5.62. The van der Waals surface area contributed by atoms with Gasteiger partial charge in [-0.15, -0.1) is 0 Å². The molecule has 0 bridgehead atoms. The Bertz CT molecular complexity index is 724. The van der Waals surface area contributed by atoms with E-state index in [1.807, 2.05) is 28.9 Å². The van der Waals surface area contributed by atoms with Crippen LogP contribution in [0.5, 0.6) is 0 Å². The second-order valence-corrected chi connectivity index (χ2v) is 5.62. The number of rotatable bonds is 3. The highest BCUT2D eigenvalue weighted by molar-refractivity contribution is 5.70. The third kappa shape index (κ3) is 2.39. The zero-order valence-corrected chi connectivity index (χ0v) is 11.9. The Kier molecular flexibility index (Phi) is 3.18. The predicted octanol–water partition coefficient (Wildman–Crippen LogP) is 3.78. The number of anilines is 1. The van der Waals surface area contributed by atoms with Crippen molar-refractivity contribution in [2.24, 2.45) is 5.92 Å². The van der Waals surface area contributed by atoms with Gasteiger partial charge in [0.05, 0.1) is 11.4 Å². The Morgan fingerprint density at radius 1 is 1.15 bits per heavy atom. The van der Waals surface area contributed by atoms with Crippen LogP contribution in [0.2, 0.25) is 0 Å². The molecular weight excluding hydrogens is 246 g/mol. The van der Waals surface area contributed by atoms with E-state index in [-0.39, 0.29) is 0 Å². The minimum Gasteiger partial charge on any atom is -0.396 e. The maximum absolute atomic E-state index is 5.94. The number of hydrogen-bond donors (Lipinski definition) is 1. The third-order valence-electron chi connectivity index (χ3n) is 3.41. The zero-order chi connectivity index (χ0) is 14.1. The minimum atomic E-state index is 0.677. The summed E-state index contributed by atoms with van der Waals surface area (Å²) in [7, 11) is 0. The number of nitrogens with two attached hydrogens (primary N) is 1. The Balaban J connectivity index is 1.96. The number of benzene rings is 1. The van der Waals surface area contributed by atoms with Crippen molar-refractivity contribution < 1.29 is 0 Å².